The highest BCUT2D eigenvalue weighted by Crippen LogP contribution is 2.33. The van der Waals surface area contributed by atoms with E-state index in [9.17, 15) is 4.79 Å². The number of amides is 1. The zero-order chi connectivity index (χ0) is 18.7. The number of hydrogen-bond donors (Lipinski definition) is 1. The molecule has 148 valence electrons. The Morgan fingerprint density at radius 2 is 2.11 bits per heavy atom. The van der Waals surface area contributed by atoms with Crippen LogP contribution in [0.2, 0.25) is 10.0 Å². The second-order valence-electron chi connectivity index (χ2n) is 6.44. The van der Waals surface area contributed by atoms with Crippen LogP contribution in [0.5, 0.6) is 5.75 Å². The van der Waals surface area contributed by atoms with E-state index >= 15 is 0 Å². The van der Waals surface area contributed by atoms with Gasteiger partial charge in [-0.25, -0.2) is 0 Å². The molecule has 2 aromatic rings. The molecule has 1 saturated heterocycles. The van der Waals surface area contributed by atoms with Gasteiger partial charge in [0.15, 0.2) is 17.2 Å². The number of carbonyl (C=O) groups excluding carboxylic acids is 1. The van der Waals surface area contributed by atoms with E-state index in [1.54, 1.807) is 29.2 Å². The van der Waals surface area contributed by atoms with Gasteiger partial charge in [0.25, 0.3) is 5.91 Å². The number of ether oxygens (including phenoxy) is 1. The highest BCUT2D eigenvalue weighted by atomic mass is 35.5. The average Bonchev–Trinajstić information content (AvgIpc) is 3.09. The van der Waals surface area contributed by atoms with Crippen molar-refractivity contribution in [3.8, 4) is 5.75 Å². The first-order chi connectivity index (χ1) is 12.5. The van der Waals surface area contributed by atoms with Crippen LogP contribution in [0.25, 0.3) is 0 Å². The normalized spacial score (nSPS) is 17.9. The van der Waals surface area contributed by atoms with Gasteiger partial charge in [-0.3, -0.25) is 4.79 Å². The molecule has 1 amide bonds. The van der Waals surface area contributed by atoms with Gasteiger partial charge >= 0.3 is 0 Å². The molecular formula is C18H22Cl3N3O3. The van der Waals surface area contributed by atoms with Gasteiger partial charge in [0, 0.05) is 24.7 Å². The molecule has 0 saturated carbocycles. The van der Waals surface area contributed by atoms with Crippen LogP contribution in [0, 0.1) is 0 Å². The fourth-order valence-corrected chi connectivity index (χ4v) is 3.66. The van der Waals surface area contributed by atoms with Crippen LogP contribution >= 0.6 is 35.6 Å². The number of para-hydroxylation sites is 1. The molecule has 0 aliphatic carbocycles. The largest absolute Gasteiger partial charge is 0.482 e. The van der Waals surface area contributed by atoms with Gasteiger partial charge < -0.3 is 19.9 Å². The van der Waals surface area contributed by atoms with E-state index < -0.39 is 0 Å². The van der Waals surface area contributed by atoms with E-state index in [1.807, 2.05) is 6.92 Å². The molecule has 0 spiro atoms. The standard InChI is InChI=1S/C18H21Cl2N3O3.ClH/c1-11(21)16-7-2-3-8-23(16)18(24)15-9-12(26-22-15)10-25-17-13(19)5-4-6-14(17)20;/h4-6,9,11,16H,2-3,7-8,10,21H2,1H3;1H. The van der Waals surface area contributed by atoms with Crippen molar-refractivity contribution in [3.05, 3.63) is 45.8 Å². The Bertz CT molecular complexity index is 762. The zero-order valence-corrected chi connectivity index (χ0v) is 17.2. The molecular weight excluding hydrogens is 413 g/mol. The molecule has 1 aliphatic rings. The quantitative estimate of drug-likeness (QED) is 0.757. The van der Waals surface area contributed by atoms with Crippen LogP contribution in [0.3, 0.4) is 0 Å². The van der Waals surface area contributed by atoms with Crippen molar-refractivity contribution in [2.24, 2.45) is 5.73 Å². The Labute approximate surface area is 174 Å². The van der Waals surface area contributed by atoms with Crippen molar-refractivity contribution in [1.29, 1.82) is 0 Å². The fourth-order valence-electron chi connectivity index (χ4n) is 3.15. The summed E-state index contributed by atoms with van der Waals surface area (Å²) in [6.07, 6.45) is 2.95. The first-order valence-electron chi connectivity index (χ1n) is 8.56. The third kappa shape index (κ3) is 5.08. The monoisotopic (exact) mass is 433 g/mol. The van der Waals surface area contributed by atoms with E-state index in [4.69, 9.17) is 38.2 Å². The van der Waals surface area contributed by atoms with Crippen LogP contribution in [0.1, 0.15) is 42.4 Å². The first-order valence-corrected chi connectivity index (χ1v) is 9.32. The van der Waals surface area contributed by atoms with Gasteiger partial charge in [-0.2, -0.15) is 0 Å². The van der Waals surface area contributed by atoms with Crippen molar-refractivity contribution in [1.82, 2.24) is 10.1 Å². The highest BCUT2D eigenvalue weighted by Gasteiger charge is 2.31. The molecule has 9 heteroatoms. The maximum atomic E-state index is 12.8. The number of halogens is 3. The Morgan fingerprint density at radius 3 is 2.78 bits per heavy atom. The second kappa shape index (κ2) is 9.64. The number of nitrogens with zero attached hydrogens (tertiary/aromatic N) is 2. The fraction of sp³-hybridized carbons (Fsp3) is 0.444. The Kier molecular flexibility index (Phi) is 7.79. The van der Waals surface area contributed by atoms with Gasteiger partial charge in [0.05, 0.1) is 10.0 Å². The topological polar surface area (TPSA) is 81.6 Å². The second-order valence-corrected chi connectivity index (χ2v) is 7.25. The minimum Gasteiger partial charge on any atom is -0.482 e. The Morgan fingerprint density at radius 1 is 1.41 bits per heavy atom. The number of piperidine rings is 1. The van der Waals surface area contributed by atoms with Crippen molar-refractivity contribution in [2.45, 2.75) is 44.9 Å². The van der Waals surface area contributed by atoms with Crippen LogP contribution in [-0.2, 0) is 6.61 Å². The molecule has 1 aromatic heterocycles. The molecule has 0 radical (unpaired) electrons. The number of hydrogen-bond acceptors (Lipinski definition) is 5. The summed E-state index contributed by atoms with van der Waals surface area (Å²) in [7, 11) is 0. The van der Waals surface area contributed by atoms with Gasteiger partial charge in [0.2, 0.25) is 0 Å². The third-order valence-corrected chi connectivity index (χ3v) is 5.07. The maximum absolute atomic E-state index is 12.8. The van der Waals surface area contributed by atoms with E-state index in [-0.39, 0.29) is 42.7 Å². The summed E-state index contributed by atoms with van der Waals surface area (Å²) in [4.78, 5) is 14.6. The number of aromatic nitrogens is 1. The van der Waals surface area contributed by atoms with Gasteiger partial charge in [-0.1, -0.05) is 34.4 Å². The maximum Gasteiger partial charge on any atom is 0.276 e. The number of nitrogens with two attached hydrogens (primary N) is 1. The summed E-state index contributed by atoms with van der Waals surface area (Å²) in [5.41, 5.74) is 6.29. The zero-order valence-electron chi connectivity index (χ0n) is 14.9. The first kappa shape index (κ1) is 21.8. The lowest BCUT2D eigenvalue weighted by Gasteiger charge is -2.37. The third-order valence-electron chi connectivity index (χ3n) is 4.47. The molecule has 2 heterocycles. The Hall–Kier alpha value is -1.47. The molecule has 1 fully saturated rings. The van der Waals surface area contributed by atoms with Crippen molar-refractivity contribution in [3.63, 3.8) is 0 Å². The highest BCUT2D eigenvalue weighted by molar-refractivity contribution is 6.37. The lowest BCUT2D eigenvalue weighted by Crippen LogP contribution is -2.51. The van der Waals surface area contributed by atoms with Gasteiger partial charge in [0.1, 0.15) is 6.61 Å². The molecule has 27 heavy (non-hydrogen) atoms. The van der Waals surface area contributed by atoms with Gasteiger partial charge in [-0.15, -0.1) is 12.4 Å². The molecule has 0 bridgehead atoms. The molecule has 2 N–H and O–H groups in total. The molecule has 2 unspecified atom stereocenters. The average molecular weight is 435 g/mol. The lowest BCUT2D eigenvalue weighted by molar-refractivity contribution is 0.0573. The number of likely N-dealkylation sites (tertiary alicyclic amines) is 1. The Balaban J connectivity index is 0.00000261. The van der Waals surface area contributed by atoms with E-state index in [0.29, 0.717) is 28.1 Å². The summed E-state index contributed by atoms with van der Waals surface area (Å²) in [6.45, 7) is 2.67. The van der Waals surface area contributed by atoms with E-state index in [1.165, 1.54) is 0 Å². The summed E-state index contributed by atoms with van der Waals surface area (Å²) < 4.78 is 10.8. The van der Waals surface area contributed by atoms with Crippen LogP contribution < -0.4 is 10.5 Å². The predicted molar refractivity (Wildman–Crippen MR) is 107 cm³/mol. The predicted octanol–water partition coefficient (Wildman–Crippen LogP) is 4.32. The van der Waals surface area contributed by atoms with Crippen molar-refractivity contribution < 1.29 is 14.1 Å². The number of benzene rings is 1. The summed E-state index contributed by atoms with van der Waals surface area (Å²) in [5.74, 6) is 0.615. The lowest BCUT2D eigenvalue weighted by atomic mass is 9.96. The van der Waals surface area contributed by atoms with Crippen molar-refractivity contribution >= 4 is 41.5 Å². The minimum absolute atomic E-state index is 0. The van der Waals surface area contributed by atoms with Crippen LogP contribution in [0.4, 0.5) is 0 Å². The molecule has 3 rings (SSSR count). The number of carbonyl (C=O) groups is 1. The van der Waals surface area contributed by atoms with E-state index in [0.717, 1.165) is 19.3 Å². The summed E-state index contributed by atoms with van der Waals surface area (Å²) in [5, 5.41) is 4.70. The smallest absolute Gasteiger partial charge is 0.276 e. The summed E-state index contributed by atoms with van der Waals surface area (Å²) >= 11 is 12.1. The molecule has 1 aliphatic heterocycles. The molecule has 6 nitrogen and oxygen atoms in total. The number of rotatable bonds is 5. The van der Waals surface area contributed by atoms with Gasteiger partial charge in [-0.05, 0) is 38.3 Å². The van der Waals surface area contributed by atoms with Crippen LogP contribution in [-0.4, -0.2) is 34.6 Å². The SMILES string of the molecule is CC(N)C1CCCCN1C(=O)c1cc(COc2c(Cl)cccc2Cl)on1.Cl. The molecule has 1 aromatic carbocycles. The van der Waals surface area contributed by atoms with Crippen molar-refractivity contribution in [2.75, 3.05) is 6.54 Å². The molecule has 2 atom stereocenters. The van der Waals surface area contributed by atoms with E-state index in [2.05, 4.69) is 5.16 Å². The minimum atomic E-state index is -0.169. The summed E-state index contributed by atoms with van der Waals surface area (Å²) in [6, 6.07) is 6.62. The van der Waals surface area contributed by atoms with Crippen LogP contribution in [0.15, 0.2) is 28.8 Å².